The van der Waals surface area contributed by atoms with Gasteiger partial charge in [0, 0.05) is 22.9 Å². The number of nitro benzene ring substituents is 1. The molecular weight excluding hydrogens is 328 g/mol. The number of carbonyl (C=O) groups is 1. The Morgan fingerprint density at radius 1 is 1.16 bits per heavy atom. The van der Waals surface area contributed by atoms with Crippen LogP contribution >= 0.6 is 0 Å². The van der Waals surface area contributed by atoms with Gasteiger partial charge >= 0.3 is 5.97 Å². The molecule has 0 saturated heterocycles. The van der Waals surface area contributed by atoms with Crippen LogP contribution in [0.2, 0.25) is 0 Å². The molecule has 0 aliphatic rings. The van der Waals surface area contributed by atoms with Gasteiger partial charge in [-0.25, -0.2) is 9.78 Å². The monoisotopic (exact) mass is 340 g/mol. The molecule has 1 N–H and O–H groups in total. The van der Waals surface area contributed by atoms with Crippen LogP contribution in [0.15, 0.2) is 48.5 Å². The quantitative estimate of drug-likeness (QED) is 0.557. The number of non-ortho nitro benzene ring substituents is 1. The van der Waals surface area contributed by atoms with Gasteiger partial charge in [0.25, 0.3) is 5.69 Å². The Bertz CT molecular complexity index is 969. The highest BCUT2D eigenvalue weighted by atomic mass is 16.6. The van der Waals surface area contributed by atoms with Crippen LogP contribution in [-0.2, 0) is 0 Å². The molecule has 0 aliphatic carbocycles. The first kappa shape index (κ1) is 16.2. The van der Waals surface area contributed by atoms with E-state index in [-0.39, 0.29) is 17.3 Å². The highest BCUT2D eigenvalue weighted by molar-refractivity contribution is 5.97. The Morgan fingerprint density at radius 3 is 2.48 bits per heavy atom. The lowest BCUT2D eigenvalue weighted by Crippen LogP contribution is -2.02. The van der Waals surface area contributed by atoms with Crippen LogP contribution in [0.5, 0.6) is 17.4 Å². The van der Waals surface area contributed by atoms with Crippen LogP contribution in [0, 0.1) is 10.1 Å². The van der Waals surface area contributed by atoms with Crippen molar-refractivity contribution < 1.29 is 24.3 Å². The standard InChI is InChI=1S/C17H12N2O6/c1-24-16-12-3-2-4-15(13(12)9-14(18-16)17(20)21)25-11-7-5-10(6-8-11)19(22)23/h2-9H,1H3,(H,20,21). The molecule has 0 saturated carbocycles. The fourth-order valence-corrected chi connectivity index (χ4v) is 2.34. The van der Waals surface area contributed by atoms with Crippen LogP contribution in [-0.4, -0.2) is 28.1 Å². The SMILES string of the molecule is COc1nc(C(=O)O)cc2c(Oc3ccc([N+](=O)[O-])cc3)cccc12. The maximum atomic E-state index is 11.3. The third kappa shape index (κ3) is 3.18. The lowest BCUT2D eigenvalue weighted by Gasteiger charge is -2.11. The Labute approximate surface area is 141 Å². The largest absolute Gasteiger partial charge is 0.481 e. The number of hydrogen-bond acceptors (Lipinski definition) is 6. The molecule has 3 rings (SSSR count). The van der Waals surface area contributed by atoms with Crippen LogP contribution < -0.4 is 9.47 Å². The van der Waals surface area contributed by atoms with E-state index in [2.05, 4.69) is 4.98 Å². The van der Waals surface area contributed by atoms with Gasteiger partial charge in [0.1, 0.15) is 11.5 Å². The number of carboxylic acids is 1. The molecule has 0 spiro atoms. The summed E-state index contributed by atoms with van der Waals surface area (Å²) < 4.78 is 10.9. The molecule has 126 valence electrons. The first-order chi connectivity index (χ1) is 12.0. The molecule has 0 bridgehead atoms. The molecule has 25 heavy (non-hydrogen) atoms. The van der Waals surface area contributed by atoms with Crippen molar-refractivity contribution in [2.24, 2.45) is 0 Å². The molecule has 0 atom stereocenters. The van der Waals surface area contributed by atoms with Gasteiger partial charge in [0.2, 0.25) is 5.88 Å². The molecule has 0 unspecified atom stereocenters. The zero-order valence-corrected chi connectivity index (χ0v) is 13.0. The maximum absolute atomic E-state index is 11.3. The van der Waals surface area contributed by atoms with E-state index < -0.39 is 10.9 Å². The van der Waals surface area contributed by atoms with Crippen molar-refractivity contribution in [3.05, 3.63) is 64.3 Å². The predicted molar refractivity (Wildman–Crippen MR) is 88.4 cm³/mol. The average molecular weight is 340 g/mol. The summed E-state index contributed by atoms with van der Waals surface area (Å²) in [7, 11) is 1.40. The van der Waals surface area contributed by atoms with Crippen molar-refractivity contribution in [3.63, 3.8) is 0 Å². The topological polar surface area (TPSA) is 112 Å². The van der Waals surface area contributed by atoms with E-state index in [0.29, 0.717) is 22.3 Å². The molecule has 1 aromatic heterocycles. The van der Waals surface area contributed by atoms with Crippen molar-refractivity contribution in [1.82, 2.24) is 4.98 Å². The molecule has 0 aliphatic heterocycles. The van der Waals surface area contributed by atoms with Gasteiger partial charge in [0.15, 0.2) is 5.69 Å². The van der Waals surface area contributed by atoms with E-state index in [9.17, 15) is 20.0 Å². The molecule has 0 fully saturated rings. The van der Waals surface area contributed by atoms with Gasteiger partial charge in [-0.3, -0.25) is 10.1 Å². The molecule has 2 aromatic carbocycles. The van der Waals surface area contributed by atoms with Crippen molar-refractivity contribution in [3.8, 4) is 17.4 Å². The van der Waals surface area contributed by atoms with E-state index in [0.717, 1.165) is 0 Å². The Kier molecular flexibility index (Phi) is 4.17. The minimum Gasteiger partial charge on any atom is -0.481 e. The van der Waals surface area contributed by atoms with Crippen LogP contribution in [0.25, 0.3) is 10.8 Å². The zero-order valence-electron chi connectivity index (χ0n) is 13.0. The predicted octanol–water partition coefficient (Wildman–Crippen LogP) is 3.64. The minimum atomic E-state index is -1.19. The van der Waals surface area contributed by atoms with Crippen molar-refractivity contribution in [2.45, 2.75) is 0 Å². The summed E-state index contributed by atoms with van der Waals surface area (Å²) >= 11 is 0. The van der Waals surface area contributed by atoms with E-state index in [1.807, 2.05) is 0 Å². The summed E-state index contributed by atoms with van der Waals surface area (Å²) in [5.74, 6) is -0.255. The van der Waals surface area contributed by atoms with Gasteiger partial charge in [-0.2, -0.15) is 0 Å². The average Bonchev–Trinajstić information content (AvgIpc) is 2.61. The normalized spacial score (nSPS) is 10.4. The summed E-state index contributed by atoms with van der Waals surface area (Å²) in [6.07, 6.45) is 0. The Morgan fingerprint density at radius 2 is 1.88 bits per heavy atom. The first-order valence-corrected chi connectivity index (χ1v) is 7.13. The lowest BCUT2D eigenvalue weighted by atomic mass is 10.1. The van der Waals surface area contributed by atoms with Gasteiger partial charge in [-0.15, -0.1) is 0 Å². The fraction of sp³-hybridized carbons (Fsp3) is 0.0588. The highest BCUT2D eigenvalue weighted by Gasteiger charge is 2.15. The van der Waals surface area contributed by atoms with Gasteiger partial charge in [-0.1, -0.05) is 6.07 Å². The molecule has 0 radical (unpaired) electrons. The summed E-state index contributed by atoms with van der Waals surface area (Å²) in [5, 5.41) is 21.0. The van der Waals surface area contributed by atoms with E-state index in [4.69, 9.17) is 9.47 Å². The number of nitro groups is 1. The first-order valence-electron chi connectivity index (χ1n) is 7.13. The highest BCUT2D eigenvalue weighted by Crippen LogP contribution is 2.34. The van der Waals surface area contributed by atoms with Crippen LogP contribution in [0.3, 0.4) is 0 Å². The maximum Gasteiger partial charge on any atom is 0.354 e. The summed E-state index contributed by atoms with van der Waals surface area (Å²) in [5.41, 5.74) is -0.228. The molecule has 1 heterocycles. The summed E-state index contributed by atoms with van der Waals surface area (Å²) in [6.45, 7) is 0. The molecule has 8 heteroatoms. The van der Waals surface area contributed by atoms with E-state index in [1.165, 1.54) is 37.4 Å². The second-order valence-corrected chi connectivity index (χ2v) is 5.03. The number of nitrogens with zero attached hydrogens (tertiary/aromatic N) is 2. The van der Waals surface area contributed by atoms with Crippen molar-refractivity contribution in [2.75, 3.05) is 7.11 Å². The number of aromatic carboxylic acids is 1. The number of ether oxygens (including phenoxy) is 2. The third-order valence-corrected chi connectivity index (χ3v) is 3.49. The smallest absolute Gasteiger partial charge is 0.354 e. The van der Waals surface area contributed by atoms with Gasteiger partial charge < -0.3 is 14.6 Å². The van der Waals surface area contributed by atoms with Crippen LogP contribution in [0.1, 0.15) is 10.5 Å². The summed E-state index contributed by atoms with van der Waals surface area (Å²) in [4.78, 5) is 25.4. The van der Waals surface area contributed by atoms with E-state index >= 15 is 0 Å². The molecular formula is C17H12N2O6. The van der Waals surface area contributed by atoms with E-state index in [1.54, 1.807) is 18.2 Å². The number of pyridine rings is 1. The number of benzene rings is 2. The van der Waals surface area contributed by atoms with Gasteiger partial charge in [-0.05, 0) is 30.3 Å². The number of methoxy groups -OCH3 is 1. The molecule has 3 aromatic rings. The number of fused-ring (bicyclic) bond motifs is 1. The summed E-state index contributed by atoms with van der Waals surface area (Å²) in [6, 6.07) is 12.1. The second-order valence-electron chi connectivity index (χ2n) is 5.03. The van der Waals surface area contributed by atoms with Gasteiger partial charge in [0.05, 0.1) is 12.0 Å². The number of rotatable bonds is 5. The number of hydrogen-bond donors (Lipinski definition) is 1. The number of aromatic nitrogens is 1. The van der Waals surface area contributed by atoms with Crippen molar-refractivity contribution >= 4 is 22.4 Å². The van der Waals surface area contributed by atoms with Crippen LogP contribution in [0.4, 0.5) is 5.69 Å². The Balaban J connectivity index is 2.07. The second kappa shape index (κ2) is 6.44. The van der Waals surface area contributed by atoms with Crippen molar-refractivity contribution in [1.29, 1.82) is 0 Å². The lowest BCUT2D eigenvalue weighted by molar-refractivity contribution is -0.384. The minimum absolute atomic E-state index is 0.0516. The third-order valence-electron chi connectivity index (χ3n) is 3.49. The molecule has 8 nitrogen and oxygen atoms in total. The fourth-order valence-electron chi connectivity index (χ4n) is 2.34. The zero-order chi connectivity index (χ0) is 18.0. The Hall–Kier alpha value is -3.68. The number of carboxylic acid groups (broad SMARTS) is 1. The molecule has 0 amide bonds.